The molecule has 6 heteroatoms. The minimum absolute atomic E-state index is 0. The summed E-state index contributed by atoms with van der Waals surface area (Å²) in [6, 6.07) is 11.1. The number of furan rings is 1. The Kier molecular flexibility index (Phi) is 7.81. The van der Waals surface area contributed by atoms with Gasteiger partial charge in [-0.15, -0.1) is 12.4 Å². The van der Waals surface area contributed by atoms with Crippen LogP contribution in [-0.4, -0.2) is 31.1 Å². The van der Waals surface area contributed by atoms with E-state index in [1.807, 2.05) is 31.2 Å². The van der Waals surface area contributed by atoms with Crippen LogP contribution in [0, 0.1) is 6.92 Å². The van der Waals surface area contributed by atoms with Crippen LogP contribution in [0.1, 0.15) is 27.4 Å². The number of hydrogen-bond acceptors (Lipinski definition) is 4. The molecule has 0 spiro atoms. The molecule has 0 radical (unpaired) electrons. The van der Waals surface area contributed by atoms with Crippen molar-refractivity contribution in [2.24, 2.45) is 5.73 Å². The second-order valence-electron chi connectivity index (χ2n) is 5.13. The first-order chi connectivity index (χ1) is 10.6. The molecular formula is C17H23ClN2O3. The Bertz CT molecular complexity index is 611. The summed E-state index contributed by atoms with van der Waals surface area (Å²) in [5.41, 5.74) is 7.22. The van der Waals surface area contributed by atoms with Gasteiger partial charge in [0, 0.05) is 25.8 Å². The van der Waals surface area contributed by atoms with Gasteiger partial charge in [0.15, 0.2) is 0 Å². The molecule has 0 atom stereocenters. The number of benzene rings is 1. The molecule has 2 rings (SSSR count). The molecule has 0 aliphatic rings. The van der Waals surface area contributed by atoms with E-state index < -0.39 is 0 Å². The van der Waals surface area contributed by atoms with Gasteiger partial charge in [0.2, 0.25) is 0 Å². The monoisotopic (exact) mass is 338 g/mol. The van der Waals surface area contributed by atoms with Crippen LogP contribution in [0.25, 0.3) is 0 Å². The van der Waals surface area contributed by atoms with Crippen molar-refractivity contribution in [3.8, 4) is 0 Å². The van der Waals surface area contributed by atoms with Crippen LogP contribution in [0.2, 0.25) is 0 Å². The average molecular weight is 339 g/mol. The van der Waals surface area contributed by atoms with Gasteiger partial charge >= 0.3 is 0 Å². The summed E-state index contributed by atoms with van der Waals surface area (Å²) < 4.78 is 10.7. The highest BCUT2D eigenvalue weighted by molar-refractivity contribution is 5.94. The second kappa shape index (κ2) is 9.35. The summed E-state index contributed by atoms with van der Waals surface area (Å²) in [4.78, 5) is 14.4. The molecule has 1 heterocycles. The minimum Gasteiger partial charge on any atom is -0.464 e. The Morgan fingerprint density at radius 1 is 1.22 bits per heavy atom. The van der Waals surface area contributed by atoms with Gasteiger partial charge in [-0.2, -0.15) is 0 Å². The summed E-state index contributed by atoms with van der Waals surface area (Å²) in [7, 11) is 1.62. The molecule has 1 amide bonds. The first-order valence-electron chi connectivity index (χ1n) is 7.26. The lowest BCUT2D eigenvalue weighted by molar-refractivity contribution is 0.0666. The third kappa shape index (κ3) is 5.39. The summed E-state index contributed by atoms with van der Waals surface area (Å²) in [6.45, 7) is 3.76. The Morgan fingerprint density at radius 3 is 2.43 bits per heavy atom. The van der Waals surface area contributed by atoms with Gasteiger partial charge in [-0.25, -0.2) is 0 Å². The maximum atomic E-state index is 12.7. The lowest BCUT2D eigenvalue weighted by Gasteiger charge is -2.21. The fourth-order valence-corrected chi connectivity index (χ4v) is 2.18. The quantitative estimate of drug-likeness (QED) is 0.842. The van der Waals surface area contributed by atoms with Crippen molar-refractivity contribution in [3.63, 3.8) is 0 Å². The minimum atomic E-state index is -0.0466. The molecule has 0 aliphatic heterocycles. The molecule has 126 valence electrons. The Balaban J connectivity index is 0.00000264. The first kappa shape index (κ1) is 19.2. The summed E-state index contributed by atoms with van der Waals surface area (Å²) in [5.74, 6) is 1.55. The normalized spacial score (nSPS) is 10.2. The molecule has 0 aliphatic carbocycles. The molecule has 1 aromatic carbocycles. The van der Waals surface area contributed by atoms with Crippen molar-refractivity contribution in [1.29, 1.82) is 0 Å². The van der Waals surface area contributed by atoms with E-state index in [-0.39, 0.29) is 18.3 Å². The van der Waals surface area contributed by atoms with Gasteiger partial charge in [-0.05, 0) is 36.8 Å². The van der Waals surface area contributed by atoms with Gasteiger partial charge in [0.1, 0.15) is 11.5 Å². The number of methoxy groups -OCH3 is 1. The van der Waals surface area contributed by atoms with Crippen molar-refractivity contribution in [2.75, 3.05) is 20.3 Å². The maximum Gasteiger partial charge on any atom is 0.254 e. The van der Waals surface area contributed by atoms with Gasteiger partial charge in [0.25, 0.3) is 5.91 Å². The van der Waals surface area contributed by atoms with Crippen LogP contribution in [-0.2, 0) is 17.8 Å². The van der Waals surface area contributed by atoms with Gasteiger partial charge in [-0.3, -0.25) is 4.79 Å². The van der Waals surface area contributed by atoms with Crippen LogP contribution >= 0.6 is 12.4 Å². The molecule has 2 aromatic rings. The van der Waals surface area contributed by atoms with E-state index in [0.717, 1.165) is 17.1 Å². The van der Waals surface area contributed by atoms with Crippen molar-refractivity contribution in [2.45, 2.75) is 20.0 Å². The maximum absolute atomic E-state index is 12.7. The summed E-state index contributed by atoms with van der Waals surface area (Å²) >= 11 is 0. The standard InChI is InChI=1S/C17H22N2O3.ClH/c1-13-3-8-16(22-13)12-19(9-10-21-2)17(20)15-6-4-14(11-18)5-7-15;/h3-8H,9-12,18H2,1-2H3;1H. The van der Waals surface area contributed by atoms with Gasteiger partial charge < -0.3 is 19.8 Å². The lowest BCUT2D eigenvalue weighted by atomic mass is 10.1. The molecule has 23 heavy (non-hydrogen) atoms. The predicted octanol–water partition coefficient (Wildman–Crippen LogP) is 2.76. The number of hydrogen-bond donors (Lipinski definition) is 1. The molecular weight excluding hydrogens is 316 g/mol. The number of carbonyl (C=O) groups excluding carboxylic acids is 1. The number of nitrogens with zero attached hydrogens (tertiary/aromatic N) is 1. The SMILES string of the molecule is COCCN(Cc1ccc(C)o1)C(=O)c1ccc(CN)cc1.Cl. The zero-order valence-electron chi connectivity index (χ0n) is 13.5. The number of carbonyl (C=O) groups is 1. The fraction of sp³-hybridized carbons (Fsp3) is 0.353. The molecule has 0 saturated heterocycles. The molecule has 0 unspecified atom stereocenters. The summed E-state index contributed by atoms with van der Waals surface area (Å²) in [6.07, 6.45) is 0. The third-order valence-electron chi connectivity index (χ3n) is 3.43. The number of amides is 1. The van der Waals surface area contributed by atoms with Crippen LogP contribution in [0.5, 0.6) is 0 Å². The third-order valence-corrected chi connectivity index (χ3v) is 3.43. The van der Waals surface area contributed by atoms with Crippen molar-refractivity contribution in [3.05, 3.63) is 59.0 Å². The van der Waals surface area contributed by atoms with Crippen LogP contribution in [0.3, 0.4) is 0 Å². The first-order valence-corrected chi connectivity index (χ1v) is 7.26. The Labute approximate surface area is 142 Å². The largest absolute Gasteiger partial charge is 0.464 e. The summed E-state index contributed by atoms with van der Waals surface area (Å²) in [5, 5.41) is 0. The topological polar surface area (TPSA) is 68.7 Å². The molecule has 5 nitrogen and oxygen atoms in total. The number of aryl methyl sites for hydroxylation is 1. The molecule has 0 saturated carbocycles. The number of rotatable bonds is 7. The second-order valence-corrected chi connectivity index (χ2v) is 5.13. The van der Waals surface area contributed by atoms with E-state index >= 15 is 0 Å². The number of halogens is 1. The molecule has 0 bridgehead atoms. The Hall–Kier alpha value is -1.82. The van der Waals surface area contributed by atoms with Gasteiger partial charge in [-0.1, -0.05) is 12.1 Å². The highest BCUT2D eigenvalue weighted by Crippen LogP contribution is 2.13. The van der Waals surface area contributed by atoms with E-state index in [4.69, 9.17) is 14.9 Å². The van der Waals surface area contributed by atoms with E-state index in [2.05, 4.69) is 0 Å². The smallest absolute Gasteiger partial charge is 0.254 e. The zero-order chi connectivity index (χ0) is 15.9. The molecule has 0 fully saturated rings. The van der Waals surface area contributed by atoms with Gasteiger partial charge in [0.05, 0.1) is 13.2 Å². The fourth-order valence-electron chi connectivity index (χ4n) is 2.18. The number of nitrogens with two attached hydrogens (primary N) is 1. The molecule has 1 aromatic heterocycles. The Morgan fingerprint density at radius 2 is 1.91 bits per heavy atom. The van der Waals surface area contributed by atoms with E-state index in [1.165, 1.54) is 0 Å². The highest BCUT2D eigenvalue weighted by atomic mass is 35.5. The van der Waals surface area contributed by atoms with Crippen molar-refractivity contribution in [1.82, 2.24) is 4.90 Å². The van der Waals surface area contributed by atoms with Crippen molar-refractivity contribution >= 4 is 18.3 Å². The lowest BCUT2D eigenvalue weighted by Crippen LogP contribution is -2.33. The average Bonchev–Trinajstić information content (AvgIpc) is 2.96. The van der Waals surface area contributed by atoms with E-state index in [1.54, 1.807) is 24.1 Å². The predicted molar refractivity (Wildman–Crippen MR) is 91.6 cm³/mol. The van der Waals surface area contributed by atoms with Crippen molar-refractivity contribution < 1.29 is 13.9 Å². The number of ether oxygens (including phenoxy) is 1. The van der Waals surface area contributed by atoms with Crippen LogP contribution < -0.4 is 5.73 Å². The molecule has 2 N–H and O–H groups in total. The van der Waals surface area contributed by atoms with Crippen LogP contribution in [0.4, 0.5) is 0 Å². The van der Waals surface area contributed by atoms with E-state index in [0.29, 0.717) is 31.8 Å². The highest BCUT2D eigenvalue weighted by Gasteiger charge is 2.17. The zero-order valence-corrected chi connectivity index (χ0v) is 14.3. The van der Waals surface area contributed by atoms with Crippen LogP contribution in [0.15, 0.2) is 40.8 Å². The van der Waals surface area contributed by atoms with E-state index in [9.17, 15) is 4.79 Å².